The molecule has 3 rings (SSSR count). The fourth-order valence-electron chi connectivity index (χ4n) is 4.99. The highest BCUT2D eigenvalue weighted by atomic mass is 28.5. The molecule has 1 aromatic heterocycles. The fraction of sp³-hybridized carbons (Fsp3) is 0.810. The number of aromatic nitrogens is 2. The molecule has 32 heavy (non-hydrogen) atoms. The molecule has 0 amide bonds. The second-order valence-corrected chi connectivity index (χ2v) is 19.0. The van der Waals surface area contributed by atoms with Crippen molar-refractivity contribution >= 4 is 17.1 Å². The summed E-state index contributed by atoms with van der Waals surface area (Å²) in [6, 6.07) is 1.23. The van der Waals surface area contributed by atoms with E-state index in [1.165, 1.54) is 16.8 Å². The summed E-state index contributed by atoms with van der Waals surface area (Å²) in [5.74, 6) is 0. The van der Waals surface area contributed by atoms with Crippen LogP contribution in [0.2, 0.25) is 22.2 Å². The molecule has 3 heterocycles. The van der Waals surface area contributed by atoms with Gasteiger partial charge in [-0.05, 0) is 22.2 Å². The number of fused-ring (bicyclic) bond motifs is 1. The van der Waals surface area contributed by atoms with Gasteiger partial charge in [-0.1, -0.05) is 55.4 Å². The van der Waals surface area contributed by atoms with Crippen LogP contribution in [-0.2, 0) is 17.7 Å². The minimum absolute atomic E-state index is 0.108. The Kier molecular flexibility index (Phi) is 7.40. The highest BCUT2D eigenvalue weighted by molar-refractivity contribution is 6.83. The number of nitrogens with one attached hydrogen (secondary N) is 1. The van der Waals surface area contributed by atoms with E-state index >= 15 is 0 Å². The monoisotopic (exact) mass is 486 g/mol. The number of aliphatic hydroxyl groups excluding tert-OH is 1. The maximum Gasteiger partial charge on any atom is 0.335 e. The number of rotatable bonds is 5. The second-order valence-electron chi connectivity index (χ2n) is 10.1. The van der Waals surface area contributed by atoms with E-state index in [1.807, 2.05) is 0 Å². The summed E-state index contributed by atoms with van der Waals surface area (Å²) in [5.41, 5.74) is -0.551. The number of ether oxygens (including phenoxy) is 1. The highest BCUT2D eigenvalue weighted by Gasteiger charge is 2.61. The van der Waals surface area contributed by atoms with Crippen molar-refractivity contribution < 1.29 is 22.8 Å². The highest BCUT2D eigenvalue weighted by Crippen LogP contribution is 2.48. The molecule has 1 aromatic rings. The third kappa shape index (κ3) is 4.24. The molecule has 2 aliphatic heterocycles. The maximum absolute atomic E-state index is 12.4. The number of aromatic amines is 1. The van der Waals surface area contributed by atoms with Gasteiger partial charge in [-0.25, -0.2) is 4.79 Å². The Balaban J connectivity index is 2.08. The van der Waals surface area contributed by atoms with E-state index in [-0.39, 0.29) is 28.8 Å². The molecule has 182 valence electrons. The van der Waals surface area contributed by atoms with Gasteiger partial charge in [-0.2, -0.15) is 0 Å². The first-order chi connectivity index (χ1) is 14.9. The van der Waals surface area contributed by atoms with Gasteiger partial charge in [0.2, 0.25) is 0 Å². The number of aliphatic hydroxyl groups is 1. The quantitative estimate of drug-likeness (QED) is 0.616. The molecule has 0 aromatic carbocycles. The Hall–Kier alpha value is -1.09. The van der Waals surface area contributed by atoms with Crippen molar-refractivity contribution in [2.24, 2.45) is 0 Å². The third-order valence-corrected chi connectivity index (χ3v) is 17.0. The molecule has 9 nitrogen and oxygen atoms in total. The van der Waals surface area contributed by atoms with Gasteiger partial charge in [0.25, 0.3) is 5.56 Å². The lowest BCUT2D eigenvalue weighted by Gasteiger charge is -2.51. The van der Waals surface area contributed by atoms with E-state index in [9.17, 15) is 14.7 Å². The number of nitrogens with zero attached hydrogens (tertiary/aromatic N) is 1. The predicted molar refractivity (Wildman–Crippen MR) is 125 cm³/mol. The van der Waals surface area contributed by atoms with Crippen molar-refractivity contribution in [2.75, 3.05) is 6.61 Å². The summed E-state index contributed by atoms with van der Waals surface area (Å²) in [5, 5.41) is 11.2. The summed E-state index contributed by atoms with van der Waals surface area (Å²) in [7, 11) is -5.63. The van der Waals surface area contributed by atoms with Crippen LogP contribution in [0, 0.1) is 0 Å². The lowest BCUT2D eigenvalue weighted by molar-refractivity contribution is -0.0600. The Morgan fingerprint density at radius 3 is 2.06 bits per heavy atom. The third-order valence-electron chi connectivity index (χ3n) is 6.77. The molecule has 4 atom stereocenters. The van der Waals surface area contributed by atoms with Gasteiger partial charge in [-0.3, -0.25) is 14.3 Å². The second kappa shape index (κ2) is 9.28. The van der Waals surface area contributed by atoms with Crippen LogP contribution in [0.3, 0.4) is 0 Å². The molecule has 0 saturated carbocycles. The predicted octanol–water partition coefficient (Wildman–Crippen LogP) is 2.75. The SMILES string of the molecule is CC(C)[Si]1(C(C)C)OC[C@H]2OC(n3ccc(=O)[nH]c3=O)[C@H](O)[C@@H]2O[Si](C(C)C)(C(C)C)O1. The van der Waals surface area contributed by atoms with Gasteiger partial charge >= 0.3 is 22.8 Å². The first kappa shape index (κ1) is 25.5. The van der Waals surface area contributed by atoms with Crippen LogP contribution < -0.4 is 11.2 Å². The molecule has 0 bridgehead atoms. The minimum atomic E-state index is -2.91. The summed E-state index contributed by atoms with van der Waals surface area (Å²) in [4.78, 5) is 26.1. The zero-order chi connectivity index (χ0) is 24.0. The molecular weight excluding hydrogens is 448 g/mol. The van der Waals surface area contributed by atoms with E-state index in [4.69, 9.17) is 17.7 Å². The zero-order valence-electron chi connectivity index (χ0n) is 20.3. The number of H-pyrrole nitrogens is 1. The molecule has 2 fully saturated rings. The topological polar surface area (TPSA) is 112 Å². The standard InChI is InChI=1S/C21H38N2O7Si2/c1-12(2)31(13(3)4)27-11-16-19(29-32(30-31,14(5)6)15(7)8)18(25)20(28-16)23-10-9-17(24)22-21(23)26/h9-10,12-16,18-20,25H,11H2,1-8H3,(H,22,24,26)/t16-,18-,19-,20?/m1/s1. The Labute approximate surface area is 191 Å². The maximum atomic E-state index is 12.4. The van der Waals surface area contributed by atoms with E-state index in [1.54, 1.807) is 0 Å². The van der Waals surface area contributed by atoms with Crippen LogP contribution >= 0.6 is 0 Å². The lowest BCUT2D eigenvalue weighted by Crippen LogP contribution is -2.65. The van der Waals surface area contributed by atoms with Crippen molar-refractivity contribution in [2.45, 2.75) is 102 Å². The largest absolute Gasteiger partial charge is 0.414 e. The Morgan fingerprint density at radius 1 is 1.00 bits per heavy atom. The summed E-state index contributed by atoms with van der Waals surface area (Å²) in [6.07, 6.45) is -2.04. The Morgan fingerprint density at radius 2 is 1.56 bits per heavy atom. The molecule has 2 saturated heterocycles. The fourth-order valence-corrected chi connectivity index (χ4v) is 16.2. The smallest absolute Gasteiger partial charge is 0.335 e. The van der Waals surface area contributed by atoms with Crippen LogP contribution in [0.4, 0.5) is 0 Å². The molecule has 2 N–H and O–H groups in total. The van der Waals surface area contributed by atoms with Gasteiger partial charge in [0.05, 0.1) is 6.61 Å². The van der Waals surface area contributed by atoms with Gasteiger partial charge in [0.15, 0.2) is 6.23 Å². The molecule has 0 aliphatic carbocycles. The van der Waals surface area contributed by atoms with Crippen LogP contribution in [0.25, 0.3) is 0 Å². The van der Waals surface area contributed by atoms with Crippen LogP contribution in [-0.4, -0.2) is 56.7 Å². The minimum Gasteiger partial charge on any atom is -0.414 e. The average molecular weight is 487 g/mol. The van der Waals surface area contributed by atoms with E-state index in [2.05, 4.69) is 60.4 Å². The molecular formula is C21H38N2O7Si2. The van der Waals surface area contributed by atoms with Crippen molar-refractivity contribution in [3.05, 3.63) is 33.1 Å². The van der Waals surface area contributed by atoms with Crippen LogP contribution in [0.5, 0.6) is 0 Å². The van der Waals surface area contributed by atoms with Crippen molar-refractivity contribution in [3.63, 3.8) is 0 Å². The summed E-state index contributed by atoms with van der Waals surface area (Å²) < 4.78 is 27.9. The van der Waals surface area contributed by atoms with Gasteiger partial charge in [-0.15, -0.1) is 0 Å². The normalized spacial score (nSPS) is 30.0. The average Bonchev–Trinajstić information content (AvgIpc) is 2.96. The van der Waals surface area contributed by atoms with Crippen molar-refractivity contribution in [1.82, 2.24) is 9.55 Å². The Bertz CT molecular complexity index is 898. The van der Waals surface area contributed by atoms with Crippen molar-refractivity contribution in [1.29, 1.82) is 0 Å². The van der Waals surface area contributed by atoms with Crippen LogP contribution in [0.1, 0.15) is 61.6 Å². The molecule has 0 spiro atoms. The first-order valence-electron chi connectivity index (χ1n) is 11.5. The summed E-state index contributed by atoms with van der Waals surface area (Å²) >= 11 is 0. The zero-order valence-corrected chi connectivity index (χ0v) is 22.3. The van der Waals surface area contributed by atoms with E-state index in [0.29, 0.717) is 0 Å². The van der Waals surface area contributed by atoms with E-state index < -0.39 is 52.9 Å². The van der Waals surface area contributed by atoms with Gasteiger partial charge in [0, 0.05) is 12.3 Å². The lowest BCUT2D eigenvalue weighted by atomic mass is 10.1. The number of hydrogen-bond acceptors (Lipinski definition) is 7. The molecule has 0 radical (unpaired) electrons. The first-order valence-corrected chi connectivity index (χ1v) is 15.5. The van der Waals surface area contributed by atoms with Gasteiger partial charge < -0.3 is 22.8 Å². The molecule has 1 unspecified atom stereocenters. The summed E-state index contributed by atoms with van der Waals surface area (Å²) in [6.45, 7) is 17.2. The van der Waals surface area contributed by atoms with Gasteiger partial charge in [0.1, 0.15) is 18.3 Å². The van der Waals surface area contributed by atoms with E-state index in [0.717, 1.165) is 0 Å². The van der Waals surface area contributed by atoms with Crippen LogP contribution in [0.15, 0.2) is 21.9 Å². The number of hydrogen-bond donors (Lipinski definition) is 2. The van der Waals surface area contributed by atoms with Crippen molar-refractivity contribution in [3.8, 4) is 0 Å². The molecule has 11 heteroatoms. The molecule has 2 aliphatic rings.